The Kier molecular flexibility index (Phi) is 3.19. The largest absolute Gasteiger partial charge is 0.394 e. The Labute approximate surface area is 93.7 Å². The SMILES string of the molecule is O=C(CCn1cncn1)NC1(CO)CCC1. The van der Waals surface area contributed by atoms with Gasteiger partial charge in [-0.15, -0.1) is 0 Å². The molecule has 0 radical (unpaired) electrons. The minimum absolute atomic E-state index is 0.0298. The van der Waals surface area contributed by atoms with Gasteiger partial charge < -0.3 is 10.4 Å². The van der Waals surface area contributed by atoms with Gasteiger partial charge in [0.1, 0.15) is 12.7 Å². The number of hydrogen-bond donors (Lipinski definition) is 2. The molecule has 1 fully saturated rings. The fourth-order valence-corrected chi connectivity index (χ4v) is 1.85. The lowest BCUT2D eigenvalue weighted by atomic mass is 9.77. The summed E-state index contributed by atoms with van der Waals surface area (Å²) in [5.74, 6) is -0.0377. The van der Waals surface area contributed by atoms with Crippen molar-refractivity contribution in [3.8, 4) is 0 Å². The topological polar surface area (TPSA) is 80.0 Å². The number of aryl methyl sites for hydroxylation is 1. The number of carbonyl (C=O) groups is 1. The molecule has 0 saturated heterocycles. The Morgan fingerprint density at radius 2 is 2.38 bits per heavy atom. The van der Waals surface area contributed by atoms with Crippen molar-refractivity contribution in [2.45, 2.75) is 37.8 Å². The second kappa shape index (κ2) is 4.61. The molecule has 1 saturated carbocycles. The third kappa shape index (κ3) is 2.38. The molecular weight excluding hydrogens is 208 g/mol. The van der Waals surface area contributed by atoms with Crippen molar-refractivity contribution in [2.24, 2.45) is 0 Å². The molecule has 6 nitrogen and oxygen atoms in total. The summed E-state index contributed by atoms with van der Waals surface area (Å²) in [6.07, 6.45) is 6.21. The maximum Gasteiger partial charge on any atom is 0.222 e. The van der Waals surface area contributed by atoms with Gasteiger partial charge in [-0.3, -0.25) is 9.48 Å². The molecule has 1 heterocycles. The molecule has 0 atom stereocenters. The lowest BCUT2D eigenvalue weighted by Gasteiger charge is -2.40. The Morgan fingerprint density at radius 3 is 2.88 bits per heavy atom. The normalized spacial score (nSPS) is 17.8. The summed E-state index contributed by atoms with van der Waals surface area (Å²) in [5, 5.41) is 16.0. The number of aliphatic hydroxyl groups excluding tert-OH is 1. The van der Waals surface area contributed by atoms with E-state index in [1.165, 1.54) is 6.33 Å². The van der Waals surface area contributed by atoms with Gasteiger partial charge in [-0.05, 0) is 19.3 Å². The first-order chi connectivity index (χ1) is 7.74. The highest BCUT2D eigenvalue weighted by Gasteiger charge is 2.37. The average molecular weight is 224 g/mol. The molecule has 1 aromatic heterocycles. The standard InChI is InChI=1S/C10H16N4O2/c15-6-10(3-1-4-10)13-9(16)2-5-14-8-11-7-12-14/h7-8,15H,1-6H2,(H,13,16). The van der Waals surface area contributed by atoms with Crippen LogP contribution in [0.25, 0.3) is 0 Å². The van der Waals surface area contributed by atoms with Crippen LogP contribution in [0, 0.1) is 0 Å². The number of rotatable bonds is 5. The van der Waals surface area contributed by atoms with Gasteiger partial charge in [0.15, 0.2) is 0 Å². The maximum atomic E-state index is 11.6. The summed E-state index contributed by atoms with van der Waals surface area (Å²) in [7, 11) is 0. The minimum atomic E-state index is -0.348. The van der Waals surface area contributed by atoms with Crippen LogP contribution in [0.1, 0.15) is 25.7 Å². The highest BCUT2D eigenvalue weighted by atomic mass is 16.3. The molecule has 0 aliphatic heterocycles. The zero-order valence-corrected chi connectivity index (χ0v) is 9.09. The molecule has 1 aliphatic carbocycles. The molecule has 88 valence electrons. The number of hydrogen-bond acceptors (Lipinski definition) is 4. The van der Waals surface area contributed by atoms with Crippen LogP contribution in [-0.2, 0) is 11.3 Å². The minimum Gasteiger partial charge on any atom is -0.394 e. The van der Waals surface area contributed by atoms with E-state index in [0.29, 0.717) is 13.0 Å². The number of aliphatic hydroxyl groups is 1. The van der Waals surface area contributed by atoms with Crippen LogP contribution in [0.4, 0.5) is 0 Å². The molecule has 1 aliphatic rings. The maximum absolute atomic E-state index is 11.6. The summed E-state index contributed by atoms with van der Waals surface area (Å²) in [5.41, 5.74) is -0.348. The second-order valence-corrected chi connectivity index (χ2v) is 4.25. The van der Waals surface area contributed by atoms with E-state index in [1.807, 2.05) is 0 Å². The Hall–Kier alpha value is -1.43. The van der Waals surface area contributed by atoms with E-state index in [4.69, 9.17) is 0 Å². The molecule has 0 bridgehead atoms. The molecular formula is C10H16N4O2. The monoisotopic (exact) mass is 224 g/mol. The van der Waals surface area contributed by atoms with Crippen LogP contribution in [-0.4, -0.2) is 37.9 Å². The lowest BCUT2D eigenvalue weighted by molar-refractivity contribution is -0.125. The molecule has 0 spiro atoms. The first-order valence-corrected chi connectivity index (χ1v) is 5.48. The fourth-order valence-electron chi connectivity index (χ4n) is 1.85. The van der Waals surface area contributed by atoms with E-state index in [0.717, 1.165) is 19.3 Å². The van der Waals surface area contributed by atoms with Gasteiger partial charge in [0, 0.05) is 6.42 Å². The first-order valence-electron chi connectivity index (χ1n) is 5.48. The Balaban J connectivity index is 1.76. The van der Waals surface area contributed by atoms with Gasteiger partial charge in [-0.25, -0.2) is 4.98 Å². The van der Waals surface area contributed by atoms with E-state index in [-0.39, 0.29) is 18.1 Å². The van der Waals surface area contributed by atoms with Crippen molar-refractivity contribution in [3.63, 3.8) is 0 Å². The number of nitrogens with zero attached hydrogens (tertiary/aromatic N) is 3. The van der Waals surface area contributed by atoms with Crippen molar-refractivity contribution in [1.82, 2.24) is 20.1 Å². The van der Waals surface area contributed by atoms with E-state index < -0.39 is 0 Å². The van der Waals surface area contributed by atoms with Crippen molar-refractivity contribution in [1.29, 1.82) is 0 Å². The summed E-state index contributed by atoms with van der Waals surface area (Å²) < 4.78 is 1.62. The molecule has 2 N–H and O–H groups in total. The number of aromatic nitrogens is 3. The first kappa shape index (κ1) is 11.1. The van der Waals surface area contributed by atoms with E-state index in [2.05, 4.69) is 15.4 Å². The highest BCUT2D eigenvalue weighted by molar-refractivity contribution is 5.76. The molecule has 2 rings (SSSR count). The van der Waals surface area contributed by atoms with Crippen molar-refractivity contribution in [2.75, 3.05) is 6.61 Å². The van der Waals surface area contributed by atoms with Gasteiger partial charge in [0.2, 0.25) is 5.91 Å². The lowest BCUT2D eigenvalue weighted by Crippen LogP contribution is -2.56. The van der Waals surface area contributed by atoms with E-state index >= 15 is 0 Å². The second-order valence-electron chi connectivity index (χ2n) is 4.25. The summed E-state index contributed by atoms with van der Waals surface area (Å²) in [6, 6.07) is 0. The zero-order valence-electron chi connectivity index (χ0n) is 9.09. The van der Waals surface area contributed by atoms with E-state index in [1.54, 1.807) is 11.0 Å². The van der Waals surface area contributed by atoms with Crippen molar-refractivity contribution >= 4 is 5.91 Å². The Bertz CT molecular complexity index is 340. The highest BCUT2D eigenvalue weighted by Crippen LogP contribution is 2.31. The number of amides is 1. The molecule has 0 aromatic carbocycles. The van der Waals surface area contributed by atoms with Gasteiger partial charge in [0.05, 0.1) is 18.7 Å². The van der Waals surface area contributed by atoms with Crippen LogP contribution >= 0.6 is 0 Å². The van der Waals surface area contributed by atoms with Gasteiger partial charge in [0.25, 0.3) is 0 Å². The summed E-state index contributed by atoms with van der Waals surface area (Å²) >= 11 is 0. The predicted molar refractivity (Wildman–Crippen MR) is 56.4 cm³/mol. The molecule has 6 heteroatoms. The smallest absolute Gasteiger partial charge is 0.222 e. The third-order valence-corrected chi connectivity index (χ3v) is 3.05. The molecule has 16 heavy (non-hydrogen) atoms. The van der Waals surface area contributed by atoms with E-state index in [9.17, 15) is 9.90 Å². The van der Waals surface area contributed by atoms with Gasteiger partial charge in [-0.1, -0.05) is 0 Å². The van der Waals surface area contributed by atoms with Gasteiger partial charge >= 0.3 is 0 Å². The fraction of sp³-hybridized carbons (Fsp3) is 0.700. The van der Waals surface area contributed by atoms with Crippen LogP contribution in [0.15, 0.2) is 12.7 Å². The number of nitrogens with one attached hydrogen (secondary N) is 1. The van der Waals surface area contributed by atoms with Crippen LogP contribution < -0.4 is 5.32 Å². The molecule has 1 aromatic rings. The Morgan fingerprint density at radius 1 is 1.56 bits per heavy atom. The summed E-state index contributed by atoms with van der Waals surface area (Å²) in [4.78, 5) is 15.4. The van der Waals surface area contributed by atoms with Crippen LogP contribution in [0.5, 0.6) is 0 Å². The summed E-state index contributed by atoms with van der Waals surface area (Å²) in [6.45, 7) is 0.551. The van der Waals surface area contributed by atoms with Crippen molar-refractivity contribution in [3.05, 3.63) is 12.7 Å². The quantitative estimate of drug-likeness (QED) is 0.719. The molecule has 1 amide bonds. The van der Waals surface area contributed by atoms with Crippen molar-refractivity contribution < 1.29 is 9.90 Å². The zero-order chi connectivity index (χ0) is 11.4. The molecule has 0 unspecified atom stereocenters. The van der Waals surface area contributed by atoms with Crippen LogP contribution in [0.2, 0.25) is 0 Å². The van der Waals surface area contributed by atoms with Crippen LogP contribution in [0.3, 0.4) is 0 Å². The van der Waals surface area contributed by atoms with Gasteiger partial charge in [-0.2, -0.15) is 5.10 Å². The number of carbonyl (C=O) groups excluding carboxylic acids is 1. The third-order valence-electron chi connectivity index (χ3n) is 3.05. The average Bonchev–Trinajstić information content (AvgIpc) is 2.73. The predicted octanol–water partition coefficient (Wildman–Crippen LogP) is -0.301.